The molecule has 64 heavy (non-hydrogen) atoms. The summed E-state index contributed by atoms with van der Waals surface area (Å²) in [6.07, 6.45) is 57.5. The summed E-state index contributed by atoms with van der Waals surface area (Å²) in [7, 11) is -4.57. The lowest BCUT2D eigenvalue weighted by molar-refractivity contribution is 0.0450. The molecule has 0 bridgehead atoms. The van der Waals surface area contributed by atoms with E-state index in [0.29, 0.717) is 6.42 Å². The van der Waals surface area contributed by atoms with Crippen LogP contribution in [0.2, 0.25) is 0 Å². The third-order valence-corrected chi connectivity index (χ3v) is 13.6. The summed E-state index contributed by atoms with van der Waals surface area (Å²) >= 11 is 0. The fourth-order valence-electron chi connectivity index (χ4n) is 8.66. The van der Waals surface area contributed by atoms with Gasteiger partial charge in [-0.15, -0.1) is 13.2 Å². The number of hydrogen-bond donors (Lipinski definition) is 1. The zero-order valence-corrected chi connectivity index (χ0v) is 42.0. The zero-order valence-electron chi connectivity index (χ0n) is 41.2. The Bertz CT molecular complexity index is 1370. The zero-order chi connectivity index (χ0) is 46.4. The Morgan fingerprint density at radius 2 is 0.625 bits per heavy atom. The van der Waals surface area contributed by atoms with Crippen LogP contribution in [0.15, 0.2) is 48.4 Å². The van der Waals surface area contributed by atoms with E-state index < -0.39 is 27.0 Å². The summed E-state index contributed by atoms with van der Waals surface area (Å²) in [6.45, 7) is 7.99. The van der Waals surface area contributed by atoms with Crippen LogP contribution in [0.5, 0.6) is 0 Å². The smallest absolute Gasteiger partial charge is 0.339 e. The molecule has 0 saturated heterocycles. The average molecular weight is 915 g/mol. The summed E-state index contributed by atoms with van der Waals surface area (Å²) in [5.41, 5.74) is -0.260. The molecule has 0 aliphatic heterocycles. The molecule has 370 valence electrons. The second-order valence-corrected chi connectivity index (χ2v) is 20.2. The minimum absolute atomic E-state index is 0.0547. The highest BCUT2D eigenvalue weighted by atomic mass is 32.2. The number of ether oxygens (including phenoxy) is 2. The van der Waals surface area contributed by atoms with Crippen LogP contribution in [-0.4, -0.2) is 38.1 Å². The molecule has 0 radical (unpaired) electrons. The third-order valence-electron chi connectivity index (χ3n) is 12.8. The van der Waals surface area contributed by atoms with Gasteiger partial charge in [0, 0.05) is 0 Å². The van der Waals surface area contributed by atoms with Gasteiger partial charge in [0.1, 0.15) is 0 Å². The molecule has 0 saturated carbocycles. The van der Waals surface area contributed by atoms with Gasteiger partial charge in [-0.2, -0.15) is 8.42 Å². The van der Waals surface area contributed by atoms with E-state index in [-0.39, 0.29) is 24.3 Å². The molecule has 0 aliphatic carbocycles. The minimum Gasteiger partial charge on any atom is -0.462 e. The first kappa shape index (κ1) is 59.6. The molecule has 1 aromatic rings. The van der Waals surface area contributed by atoms with Crippen molar-refractivity contribution in [2.24, 2.45) is 0 Å². The first-order chi connectivity index (χ1) is 31.3. The summed E-state index contributed by atoms with van der Waals surface area (Å²) < 4.78 is 44.2. The Balaban J connectivity index is 2.08. The van der Waals surface area contributed by atoms with Gasteiger partial charge in [-0.05, 0) is 56.7 Å². The van der Waals surface area contributed by atoms with Gasteiger partial charge in [0.15, 0.2) is 0 Å². The predicted octanol–water partition coefficient (Wildman–Crippen LogP) is 18.0. The summed E-state index contributed by atoms with van der Waals surface area (Å²) in [5.74, 6) is -1.49. The number of esters is 2. The second-order valence-electron chi connectivity index (χ2n) is 18.8. The van der Waals surface area contributed by atoms with E-state index >= 15 is 0 Å². The predicted molar refractivity (Wildman–Crippen MR) is 271 cm³/mol. The van der Waals surface area contributed by atoms with E-state index in [1.807, 2.05) is 12.2 Å². The van der Waals surface area contributed by atoms with Crippen molar-refractivity contribution in [1.29, 1.82) is 0 Å². The van der Waals surface area contributed by atoms with Crippen LogP contribution in [-0.2, 0) is 19.6 Å². The second kappa shape index (κ2) is 44.4. The number of carbonyl (C=O) groups excluding carboxylic acids is 2. The van der Waals surface area contributed by atoms with Crippen molar-refractivity contribution in [3.8, 4) is 0 Å². The van der Waals surface area contributed by atoms with Gasteiger partial charge in [0.25, 0.3) is 10.1 Å². The molecule has 0 unspecified atom stereocenters. The standard InChI is InChI=1S/C56H98O7S/c1-3-5-7-9-11-13-15-17-19-21-23-25-27-29-31-33-35-37-39-41-43-45-49-62-55(57)53-48-47-52(64(59,60)61)51-54(53)56(58)63-50-46-44-42-40-38-36-34-32-30-28-26-24-22-20-18-16-14-12-10-8-6-4-2/h3-4,47-48,51H,1-2,5-46,49-50H2,(H,59,60,61). The fraction of sp³-hybridized carbons (Fsp3) is 0.786. The van der Waals surface area contributed by atoms with Crippen LogP contribution in [0.4, 0.5) is 0 Å². The van der Waals surface area contributed by atoms with Crippen molar-refractivity contribution in [2.45, 2.75) is 275 Å². The Hall–Kier alpha value is -2.45. The van der Waals surface area contributed by atoms with Gasteiger partial charge >= 0.3 is 11.9 Å². The van der Waals surface area contributed by atoms with Gasteiger partial charge < -0.3 is 9.47 Å². The third kappa shape index (κ3) is 36.7. The Labute approximate surface area is 394 Å². The molecule has 0 fully saturated rings. The number of unbranched alkanes of at least 4 members (excludes halogenated alkanes) is 40. The van der Waals surface area contributed by atoms with E-state index in [1.165, 1.54) is 224 Å². The summed E-state index contributed by atoms with van der Waals surface area (Å²) in [6, 6.07) is 3.33. The van der Waals surface area contributed by atoms with E-state index in [1.54, 1.807) is 0 Å². The first-order valence-electron chi connectivity index (χ1n) is 27.0. The Morgan fingerprint density at radius 3 is 0.875 bits per heavy atom. The molecule has 0 aliphatic rings. The maximum Gasteiger partial charge on any atom is 0.339 e. The molecule has 0 aromatic heterocycles. The van der Waals surface area contributed by atoms with Gasteiger partial charge in [-0.25, -0.2) is 9.59 Å². The highest BCUT2D eigenvalue weighted by molar-refractivity contribution is 7.85. The van der Waals surface area contributed by atoms with E-state index in [2.05, 4.69) is 13.2 Å². The molecular weight excluding hydrogens is 817 g/mol. The molecule has 1 aromatic carbocycles. The van der Waals surface area contributed by atoms with Gasteiger partial charge in [-0.3, -0.25) is 4.55 Å². The minimum atomic E-state index is -4.57. The monoisotopic (exact) mass is 915 g/mol. The van der Waals surface area contributed by atoms with Crippen LogP contribution in [0.25, 0.3) is 0 Å². The highest BCUT2D eigenvalue weighted by Crippen LogP contribution is 2.21. The number of allylic oxidation sites excluding steroid dienone is 2. The van der Waals surface area contributed by atoms with Gasteiger partial charge in [0.2, 0.25) is 0 Å². The van der Waals surface area contributed by atoms with Gasteiger partial charge in [0.05, 0.1) is 29.2 Å². The van der Waals surface area contributed by atoms with Crippen LogP contribution in [0.3, 0.4) is 0 Å². The normalized spacial score (nSPS) is 11.5. The molecule has 1 rings (SSSR count). The van der Waals surface area contributed by atoms with Crippen molar-refractivity contribution >= 4 is 22.1 Å². The lowest BCUT2D eigenvalue weighted by Crippen LogP contribution is -2.16. The quantitative estimate of drug-likeness (QED) is 0.0300. The molecule has 7 nitrogen and oxygen atoms in total. The summed E-state index contributed by atoms with van der Waals surface area (Å²) in [5, 5.41) is 0. The Morgan fingerprint density at radius 1 is 0.391 bits per heavy atom. The number of hydrogen-bond acceptors (Lipinski definition) is 6. The number of carbonyl (C=O) groups is 2. The number of rotatable bonds is 49. The largest absolute Gasteiger partial charge is 0.462 e. The van der Waals surface area contributed by atoms with E-state index in [0.717, 1.165) is 57.1 Å². The molecule has 8 heteroatoms. The van der Waals surface area contributed by atoms with Crippen LogP contribution < -0.4 is 0 Å². The van der Waals surface area contributed by atoms with Crippen LogP contribution in [0, 0.1) is 0 Å². The molecule has 0 heterocycles. The Kier molecular flexibility index (Phi) is 41.3. The van der Waals surface area contributed by atoms with Crippen molar-refractivity contribution in [3.63, 3.8) is 0 Å². The van der Waals surface area contributed by atoms with Gasteiger partial charge in [-0.1, -0.05) is 243 Å². The van der Waals surface area contributed by atoms with Crippen molar-refractivity contribution in [3.05, 3.63) is 54.6 Å². The maximum atomic E-state index is 13.0. The molecule has 0 spiro atoms. The highest BCUT2D eigenvalue weighted by Gasteiger charge is 2.23. The lowest BCUT2D eigenvalue weighted by Gasteiger charge is -2.11. The first-order valence-corrected chi connectivity index (χ1v) is 28.4. The topological polar surface area (TPSA) is 107 Å². The fourth-order valence-corrected chi connectivity index (χ4v) is 9.17. The number of benzene rings is 1. The van der Waals surface area contributed by atoms with Crippen molar-refractivity contribution < 1.29 is 32.0 Å². The SMILES string of the molecule is C=CCCCCCCCCCCCCCCCCCCCCCCOC(=O)c1ccc(S(=O)(=O)O)cc1C(=O)OCCCCCCCCCCCCCCCCCCCCCCC=C. The van der Waals surface area contributed by atoms with Crippen molar-refractivity contribution in [1.82, 2.24) is 0 Å². The molecular formula is C56H98O7S. The summed E-state index contributed by atoms with van der Waals surface area (Å²) in [4.78, 5) is 25.6. The maximum absolute atomic E-state index is 13.0. The van der Waals surface area contributed by atoms with Crippen molar-refractivity contribution in [2.75, 3.05) is 13.2 Å². The lowest BCUT2D eigenvalue weighted by atomic mass is 10.0. The molecule has 0 atom stereocenters. The van der Waals surface area contributed by atoms with Crippen LogP contribution >= 0.6 is 0 Å². The van der Waals surface area contributed by atoms with Crippen LogP contribution in [0.1, 0.15) is 290 Å². The van der Waals surface area contributed by atoms with E-state index in [9.17, 15) is 22.6 Å². The average Bonchev–Trinajstić information content (AvgIpc) is 3.28. The van der Waals surface area contributed by atoms with E-state index in [4.69, 9.17) is 9.47 Å². The molecule has 1 N–H and O–H groups in total. The molecule has 0 amide bonds.